The summed E-state index contributed by atoms with van der Waals surface area (Å²) in [5, 5.41) is 2.44. The molecule has 2 aromatic carbocycles. The molecule has 0 bridgehead atoms. The van der Waals surface area contributed by atoms with Gasteiger partial charge in [-0.3, -0.25) is 19.1 Å². The highest BCUT2D eigenvalue weighted by Crippen LogP contribution is 2.40. The van der Waals surface area contributed by atoms with Crippen molar-refractivity contribution in [3.8, 4) is 5.75 Å². The summed E-state index contributed by atoms with van der Waals surface area (Å²) in [5.41, 5.74) is -2.08. The van der Waals surface area contributed by atoms with Crippen molar-refractivity contribution in [3.63, 3.8) is 0 Å². The lowest BCUT2D eigenvalue weighted by atomic mass is 10.1. The van der Waals surface area contributed by atoms with Crippen LogP contribution in [-0.4, -0.2) is 53.3 Å². The van der Waals surface area contributed by atoms with E-state index in [4.69, 9.17) is 9.47 Å². The van der Waals surface area contributed by atoms with Crippen LogP contribution in [0.25, 0.3) is 0 Å². The Morgan fingerprint density at radius 2 is 1.74 bits per heavy atom. The first-order valence-corrected chi connectivity index (χ1v) is 14.6. The van der Waals surface area contributed by atoms with E-state index in [0.29, 0.717) is 12.1 Å². The molecular weight excluding hydrogens is 567 g/mol. The van der Waals surface area contributed by atoms with Gasteiger partial charge in [0.25, 0.3) is 10.0 Å². The number of alkyl halides is 3. The van der Waals surface area contributed by atoms with Gasteiger partial charge in [0, 0.05) is 5.69 Å². The lowest BCUT2D eigenvalue weighted by Crippen LogP contribution is -2.46. The van der Waals surface area contributed by atoms with Crippen LogP contribution in [0.3, 0.4) is 0 Å². The second kappa shape index (κ2) is 10.6. The van der Waals surface area contributed by atoms with Crippen LogP contribution < -0.4 is 19.1 Å². The van der Waals surface area contributed by atoms with Crippen LogP contribution in [0.4, 0.5) is 29.3 Å². The van der Waals surface area contributed by atoms with Crippen LogP contribution in [0.5, 0.6) is 5.75 Å². The number of carbonyl (C=O) groups is 2. The van der Waals surface area contributed by atoms with Gasteiger partial charge in [0.2, 0.25) is 15.9 Å². The zero-order valence-electron chi connectivity index (χ0n) is 21.2. The van der Waals surface area contributed by atoms with E-state index in [2.05, 4.69) is 5.32 Å². The van der Waals surface area contributed by atoms with Crippen molar-refractivity contribution in [1.29, 1.82) is 0 Å². The highest BCUT2D eigenvalue weighted by Gasteiger charge is 2.38. The maximum atomic E-state index is 13.6. The number of hydrogen-bond acceptors (Lipinski definition) is 8. The highest BCUT2D eigenvalue weighted by molar-refractivity contribution is 7.92. The Morgan fingerprint density at radius 3 is 2.33 bits per heavy atom. The molecule has 2 amide bonds. The number of nitrogens with zero attached hydrogens (tertiary/aromatic N) is 1. The van der Waals surface area contributed by atoms with E-state index in [9.17, 15) is 39.6 Å². The van der Waals surface area contributed by atoms with Crippen molar-refractivity contribution < 1.29 is 49.1 Å². The third-order valence-corrected chi connectivity index (χ3v) is 7.37. The maximum absolute atomic E-state index is 13.6. The number of fused-ring (bicyclic) bond motifs is 1. The maximum Gasteiger partial charge on any atom is 0.416 e. The number of hydrogen-bond donors (Lipinski definition) is 2. The van der Waals surface area contributed by atoms with Crippen LogP contribution in [0, 0.1) is 0 Å². The molecule has 0 saturated heterocycles. The molecule has 0 aromatic heterocycles. The minimum atomic E-state index is -4.81. The molecule has 0 radical (unpaired) electrons. The monoisotopic (exact) mass is 593 g/mol. The van der Waals surface area contributed by atoms with Crippen molar-refractivity contribution >= 4 is 43.4 Å². The van der Waals surface area contributed by atoms with Crippen LogP contribution in [0.15, 0.2) is 47.4 Å². The van der Waals surface area contributed by atoms with E-state index in [1.807, 2.05) is 0 Å². The van der Waals surface area contributed by atoms with E-state index in [-0.39, 0.29) is 17.1 Å². The van der Waals surface area contributed by atoms with Crippen molar-refractivity contribution in [2.75, 3.05) is 22.4 Å². The molecule has 11 nitrogen and oxygen atoms in total. The Morgan fingerprint density at radius 1 is 1.08 bits per heavy atom. The normalized spacial score (nSPS) is 16.1. The van der Waals surface area contributed by atoms with Crippen LogP contribution in [-0.2, 0) is 35.8 Å². The van der Waals surface area contributed by atoms with Crippen LogP contribution in [0.1, 0.15) is 32.8 Å². The number of ether oxygens (including phenoxy) is 2. The van der Waals surface area contributed by atoms with Gasteiger partial charge >= 0.3 is 12.3 Å². The van der Waals surface area contributed by atoms with Crippen molar-refractivity contribution in [2.45, 2.75) is 50.0 Å². The average Bonchev–Trinajstić information content (AvgIpc) is 2.75. The lowest BCUT2D eigenvalue weighted by molar-refractivity contribution is -0.137. The zero-order valence-corrected chi connectivity index (χ0v) is 22.8. The van der Waals surface area contributed by atoms with E-state index in [0.717, 1.165) is 22.7 Å². The van der Waals surface area contributed by atoms with E-state index in [1.54, 1.807) is 25.5 Å². The summed E-state index contributed by atoms with van der Waals surface area (Å²) in [5.74, 6) is -1.06. The molecule has 0 aliphatic carbocycles. The Labute approximate surface area is 223 Å². The molecule has 16 heteroatoms. The van der Waals surface area contributed by atoms with Gasteiger partial charge in [-0.1, -0.05) is 6.07 Å². The highest BCUT2D eigenvalue weighted by atomic mass is 32.2. The summed E-state index contributed by atoms with van der Waals surface area (Å²) in [7, 11) is -8.59. The number of anilines is 2. The second-order valence-electron chi connectivity index (χ2n) is 9.61. The fourth-order valence-corrected chi connectivity index (χ4v) is 5.60. The van der Waals surface area contributed by atoms with Crippen LogP contribution >= 0.6 is 0 Å². The van der Waals surface area contributed by atoms with Gasteiger partial charge in [0.1, 0.15) is 17.5 Å². The van der Waals surface area contributed by atoms with Crippen molar-refractivity contribution in [1.82, 2.24) is 4.72 Å². The summed E-state index contributed by atoms with van der Waals surface area (Å²) < 4.78 is 103. The second-order valence-corrected chi connectivity index (χ2v) is 13.2. The SMILES string of the molecule is CC(C)(C)OC(=O)Nc1ccc2c(c1)N(S(=O)(=O)c1cccc(C(F)(F)F)c1)C[C@H](CC(=O)NS(C)(=O)=O)O2. The summed E-state index contributed by atoms with van der Waals surface area (Å²) >= 11 is 0. The number of nitrogens with one attached hydrogen (secondary N) is 2. The summed E-state index contributed by atoms with van der Waals surface area (Å²) in [6.45, 7) is 4.35. The van der Waals surface area contributed by atoms with Gasteiger partial charge in [0.05, 0.1) is 35.4 Å². The van der Waals surface area contributed by atoms with Crippen LogP contribution in [0.2, 0.25) is 0 Å². The number of benzene rings is 2. The third-order valence-electron chi connectivity index (χ3n) is 5.00. The Kier molecular flexibility index (Phi) is 8.13. The largest absolute Gasteiger partial charge is 0.486 e. The van der Waals surface area contributed by atoms with E-state index in [1.165, 1.54) is 18.2 Å². The summed E-state index contributed by atoms with van der Waals surface area (Å²) in [6.07, 6.45) is -6.69. The first-order chi connectivity index (χ1) is 17.7. The molecule has 39 heavy (non-hydrogen) atoms. The third kappa shape index (κ3) is 7.98. The van der Waals surface area contributed by atoms with E-state index >= 15 is 0 Å². The lowest BCUT2D eigenvalue weighted by Gasteiger charge is -2.35. The molecule has 1 atom stereocenters. The average molecular weight is 594 g/mol. The summed E-state index contributed by atoms with van der Waals surface area (Å²) in [4.78, 5) is 23.7. The van der Waals surface area contributed by atoms with Gasteiger partial charge < -0.3 is 9.47 Å². The fourth-order valence-electron chi connectivity index (χ4n) is 3.56. The van der Waals surface area contributed by atoms with Gasteiger partial charge in [-0.05, 0) is 57.2 Å². The number of halogens is 3. The van der Waals surface area contributed by atoms with Gasteiger partial charge in [-0.2, -0.15) is 13.2 Å². The topological polar surface area (TPSA) is 148 Å². The number of amides is 2. The Hall–Kier alpha value is -3.53. The number of rotatable bonds is 6. The molecule has 1 aliphatic rings. The molecule has 0 fully saturated rings. The first-order valence-electron chi connectivity index (χ1n) is 11.3. The number of carbonyl (C=O) groups excluding carboxylic acids is 2. The van der Waals surface area contributed by atoms with Gasteiger partial charge in [-0.25, -0.2) is 21.6 Å². The standard InChI is InChI=1S/C23H26F3N3O8S2/c1-22(2,3)37-21(31)27-15-8-9-19-18(11-15)29(13-16(36-19)12-20(30)28-38(4,32)33)39(34,35)17-7-5-6-14(10-17)23(24,25)26/h5-11,16H,12-13H2,1-4H3,(H,27,31)(H,28,30)/t16-/m0/s1. The first kappa shape index (κ1) is 30.0. The molecule has 1 heterocycles. The molecule has 0 saturated carbocycles. The smallest absolute Gasteiger partial charge is 0.416 e. The quantitative estimate of drug-likeness (QED) is 0.517. The van der Waals surface area contributed by atoms with Crippen molar-refractivity contribution in [2.24, 2.45) is 0 Å². The minimum absolute atomic E-state index is 0.0799. The van der Waals surface area contributed by atoms with Crippen molar-refractivity contribution in [3.05, 3.63) is 48.0 Å². The van der Waals surface area contributed by atoms with E-state index < -0.39 is 73.4 Å². The molecule has 2 N–H and O–H groups in total. The molecule has 1 aliphatic heterocycles. The molecular formula is C23H26F3N3O8S2. The predicted octanol–water partition coefficient (Wildman–Crippen LogP) is 3.47. The summed E-state index contributed by atoms with van der Waals surface area (Å²) in [6, 6.07) is 6.97. The van der Waals surface area contributed by atoms with Gasteiger partial charge in [0.15, 0.2) is 0 Å². The van der Waals surface area contributed by atoms with Gasteiger partial charge in [-0.15, -0.1) is 0 Å². The minimum Gasteiger partial charge on any atom is -0.486 e. The molecule has 3 rings (SSSR count). The molecule has 0 unspecified atom stereocenters. The molecule has 0 spiro atoms. The zero-order chi connectivity index (χ0) is 29.4. The fraction of sp³-hybridized carbons (Fsp3) is 0.391. The molecule has 2 aromatic rings. The predicted molar refractivity (Wildman–Crippen MR) is 134 cm³/mol. The number of sulfonamides is 2. The Balaban J connectivity index is 2.04. The Bertz CT molecular complexity index is 1490. The molecule has 214 valence electrons.